The summed E-state index contributed by atoms with van der Waals surface area (Å²) in [5.74, 6) is 0.227. The minimum atomic E-state index is 0.227. The first-order valence-electron chi connectivity index (χ1n) is 9.90. The summed E-state index contributed by atoms with van der Waals surface area (Å²) in [5, 5.41) is 0. The zero-order valence-electron chi connectivity index (χ0n) is 15.8. The van der Waals surface area contributed by atoms with E-state index in [1.807, 2.05) is 26.0 Å². The van der Waals surface area contributed by atoms with Gasteiger partial charge < -0.3 is 9.80 Å². The highest BCUT2D eigenvalue weighted by Crippen LogP contribution is 2.22. The number of likely N-dealkylation sites (tertiary alicyclic amines) is 2. The Morgan fingerprint density at radius 3 is 2.33 bits per heavy atom. The molecule has 1 amide bonds. The number of rotatable bonds is 5. The van der Waals surface area contributed by atoms with Crippen LogP contribution in [0, 0.1) is 0 Å². The topological polar surface area (TPSA) is 23.6 Å². The van der Waals surface area contributed by atoms with Gasteiger partial charge >= 0.3 is 0 Å². The van der Waals surface area contributed by atoms with Crippen molar-refractivity contribution in [1.82, 2.24) is 9.80 Å². The molecule has 2 aliphatic heterocycles. The Kier molecular flexibility index (Phi) is 7.77. The van der Waals surface area contributed by atoms with Crippen molar-refractivity contribution in [2.45, 2.75) is 65.3 Å². The van der Waals surface area contributed by atoms with Gasteiger partial charge in [-0.15, -0.1) is 0 Å². The molecule has 3 rings (SSSR count). The van der Waals surface area contributed by atoms with Crippen LogP contribution in [-0.2, 0) is 6.42 Å². The summed E-state index contributed by atoms with van der Waals surface area (Å²) >= 11 is 0. The molecule has 1 atom stereocenters. The first-order valence-corrected chi connectivity index (χ1v) is 9.90. The average molecular weight is 331 g/mol. The molecule has 2 heterocycles. The van der Waals surface area contributed by atoms with E-state index in [0.29, 0.717) is 6.04 Å². The Morgan fingerprint density at radius 2 is 1.71 bits per heavy atom. The number of hydrogen-bond donors (Lipinski definition) is 0. The fraction of sp³-hybridized carbons (Fsp3) is 0.667. The van der Waals surface area contributed by atoms with Gasteiger partial charge in [-0.3, -0.25) is 4.79 Å². The molecule has 0 aromatic heterocycles. The van der Waals surface area contributed by atoms with Gasteiger partial charge in [0.2, 0.25) is 0 Å². The van der Waals surface area contributed by atoms with Crippen molar-refractivity contribution in [3.05, 3.63) is 35.4 Å². The molecule has 1 aromatic carbocycles. The van der Waals surface area contributed by atoms with E-state index in [1.165, 1.54) is 31.5 Å². The molecule has 134 valence electrons. The summed E-state index contributed by atoms with van der Waals surface area (Å²) in [7, 11) is 0. The summed E-state index contributed by atoms with van der Waals surface area (Å²) in [4.78, 5) is 17.5. The zero-order chi connectivity index (χ0) is 17.4. The lowest BCUT2D eigenvalue weighted by atomic mass is 10.1. The molecule has 2 saturated heterocycles. The van der Waals surface area contributed by atoms with Crippen molar-refractivity contribution in [2.75, 3.05) is 26.2 Å². The van der Waals surface area contributed by atoms with Gasteiger partial charge in [-0.2, -0.15) is 0 Å². The zero-order valence-corrected chi connectivity index (χ0v) is 15.8. The van der Waals surface area contributed by atoms with E-state index >= 15 is 0 Å². The monoisotopic (exact) mass is 330 g/mol. The number of carbonyl (C=O) groups excluding carboxylic acids is 1. The maximum atomic E-state index is 12.8. The number of carbonyl (C=O) groups is 1. The average Bonchev–Trinajstić information content (AvgIpc) is 3.29. The molecule has 1 unspecified atom stereocenters. The molecule has 24 heavy (non-hydrogen) atoms. The van der Waals surface area contributed by atoms with Crippen LogP contribution in [-0.4, -0.2) is 47.9 Å². The second kappa shape index (κ2) is 9.83. The number of hydrogen-bond acceptors (Lipinski definition) is 2. The molecule has 2 fully saturated rings. The lowest BCUT2D eigenvalue weighted by Gasteiger charge is -2.28. The van der Waals surface area contributed by atoms with Crippen molar-refractivity contribution < 1.29 is 4.79 Å². The highest BCUT2D eigenvalue weighted by Gasteiger charge is 2.31. The predicted octanol–water partition coefficient (Wildman–Crippen LogP) is 4.37. The number of nitrogens with zero attached hydrogens (tertiary/aromatic N) is 2. The molecular weight excluding hydrogens is 296 g/mol. The molecular formula is C21H34N2O. The predicted molar refractivity (Wildman–Crippen MR) is 102 cm³/mol. The lowest BCUT2D eigenvalue weighted by molar-refractivity contribution is 0.0709. The third kappa shape index (κ3) is 4.83. The van der Waals surface area contributed by atoms with E-state index in [4.69, 9.17) is 0 Å². The van der Waals surface area contributed by atoms with Crippen molar-refractivity contribution in [3.8, 4) is 0 Å². The van der Waals surface area contributed by atoms with Crippen LogP contribution < -0.4 is 0 Å². The van der Waals surface area contributed by atoms with Crippen LogP contribution >= 0.6 is 0 Å². The number of benzene rings is 1. The molecule has 0 aliphatic carbocycles. The maximum absolute atomic E-state index is 12.8. The SMILES string of the molecule is CC.CCCc1ccc(C(=O)N2CCCC2CN2CCCC2)cc1. The van der Waals surface area contributed by atoms with Crippen molar-refractivity contribution in [1.29, 1.82) is 0 Å². The molecule has 1 aromatic rings. The minimum absolute atomic E-state index is 0.227. The van der Waals surface area contributed by atoms with Crippen LogP contribution in [0.2, 0.25) is 0 Å². The molecule has 0 spiro atoms. The van der Waals surface area contributed by atoms with Crippen LogP contribution in [0.1, 0.15) is 68.8 Å². The summed E-state index contributed by atoms with van der Waals surface area (Å²) in [6, 6.07) is 8.67. The third-order valence-electron chi connectivity index (χ3n) is 5.05. The van der Waals surface area contributed by atoms with E-state index in [-0.39, 0.29) is 5.91 Å². The quantitative estimate of drug-likeness (QED) is 0.800. The standard InChI is InChI=1S/C19H28N2O.C2H6/c1-2-6-16-8-10-17(11-9-16)19(22)21-14-5-7-18(21)15-20-12-3-4-13-20;1-2/h8-11,18H,2-7,12-15H2,1H3;1-2H3. The first kappa shape index (κ1) is 19.0. The summed E-state index contributed by atoms with van der Waals surface area (Å²) in [5.41, 5.74) is 2.18. The van der Waals surface area contributed by atoms with Gasteiger partial charge in [-0.05, 0) is 62.9 Å². The Bertz CT molecular complexity index is 491. The second-order valence-electron chi connectivity index (χ2n) is 6.75. The Balaban J connectivity index is 0.00000100. The van der Waals surface area contributed by atoms with Crippen molar-refractivity contribution in [3.63, 3.8) is 0 Å². The highest BCUT2D eigenvalue weighted by atomic mass is 16.2. The Labute approximate surface area is 148 Å². The molecule has 3 heteroatoms. The molecule has 3 nitrogen and oxygen atoms in total. The first-order chi connectivity index (χ1) is 11.8. The van der Waals surface area contributed by atoms with E-state index in [0.717, 1.165) is 44.3 Å². The summed E-state index contributed by atoms with van der Waals surface area (Å²) < 4.78 is 0. The highest BCUT2D eigenvalue weighted by molar-refractivity contribution is 5.94. The van der Waals surface area contributed by atoms with Gasteiger partial charge in [-0.25, -0.2) is 0 Å². The van der Waals surface area contributed by atoms with E-state index in [2.05, 4.69) is 28.9 Å². The Hall–Kier alpha value is -1.35. The molecule has 0 N–H and O–H groups in total. The molecule has 0 bridgehead atoms. The third-order valence-corrected chi connectivity index (χ3v) is 5.05. The van der Waals surface area contributed by atoms with Gasteiger partial charge in [0.25, 0.3) is 5.91 Å². The lowest BCUT2D eigenvalue weighted by Crippen LogP contribution is -2.42. The van der Waals surface area contributed by atoms with Crippen LogP contribution in [0.5, 0.6) is 0 Å². The van der Waals surface area contributed by atoms with Crippen LogP contribution in [0.4, 0.5) is 0 Å². The maximum Gasteiger partial charge on any atom is 0.254 e. The normalized spacial score (nSPS) is 20.8. The summed E-state index contributed by atoms with van der Waals surface area (Å²) in [6.45, 7) is 10.6. The van der Waals surface area contributed by atoms with Gasteiger partial charge in [0.15, 0.2) is 0 Å². The van der Waals surface area contributed by atoms with Gasteiger partial charge in [0, 0.05) is 24.7 Å². The van der Waals surface area contributed by atoms with Crippen LogP contribution in [0.15, 0.2) is 24.3 Å². The smallest absolute Gasteiger partial charge is 0.254 e. The van der Waals surface area contributed by atoms with Crippen LogP contribution in [0.25, 0.3) is 0 Å². The van der Waals surface area contributed by atoms with Gasteiger partial charge in [0.1, 0.15) is 0 Å². The fourth-order valence-electron chi connectivity index (χ4n) is 3.82. The van der Waals surface area contributed by atoms with E-state index < -0.39 is 0 Å². The molecule has 0 saturated carbocycles. The van der Waals surface area contributed by atoms with E-state index in [1.54, 1.807) is 0 Å². The fourth-order valence-corrected chi connectivity index (χ4v) is 3.82. The van der Waals surface area contributed by atoms with Gasteiger partial charge in [-0.1, -0.05) is 39.3 Å². The Morgan fingerprint density at radius 1 is 1.04 bits per heavy atom. The van der Waals surface area contributed by atoms with E-state index in [9.17, 15) is 4.79 Å². The number of aryl methyl sites for hydroxylation is 1. The number of amides is 1. The summed E-state index contributed by atoms with van der Waals surface area (Å²) in [6.07, 6.45) is 7.19. The largest absolute Gasteiger partial charge is 0.334 e. The molecule has 0 radical (unpaired) electrons. The van der Waals surface area contributed by atoms with Gasteiger partial charge in [0.05, 0.1) is 0 Å². The second-order valence-corrected chi connectivity index (χ2v) is 6.75. The van der Waals surface area contributed by atoms with Crippen molar-refractivity contribution in [2.24, 2.45) is 0 Å². The minimum Gasteiger partial charge on any atom is -0.334 e. The molecule has 2 aliphatic rings. The van der Waals surface area contributed by atoms with Crippen molar-refractivity contribution >= 4 is 5.91 Å². The van der Waals surface area contributed by atoms with Crippen LogP contribution in [0.3, 0.4) is 0 Å².